The van der Waals surface area contributed by atoms with Crippen LogP contribution in [0.1, 0.15) is 33.6 Å². The SMILES string of the molecule is CCC(C)N(C)CCC(C)(NC)C(N)=O. The van der Waals surface area contributed by atoms with Crippen molar-refractivity contribution in [2.75, 3.05) is 20.6 Å². The van der Waals surface area contributed by atoms with Crippen molar-refractivity contribution in [3.63, 3.8) is 0 Å². The zero-order valence-electron chi connectivity index (χ0n) is 10.6. The molecule has 90 valence electrons. The second-order valence-electron chi connectivity index (χ2n) is 4.43. The third-order valence-electron chi connectivity index (χ3n) is 3.40. The first-order valence-electron chi connectivity index (χ1n) is 5.56. The van der Waals surface area contributed by atoms with E-state index in [1.54, 1.807) is 7.05 Å². The van der Waals surface area contributed by atoms with Gasteiger partial charge in [-0.05, 0) is 40.8 Å². The highest BCUT2D eigenvalue weighted by atomic mass is 16.1. The van der Waals surface area contributed by atoms with E-state index in [1.807, 2.05) is 6.92 Å². The van der Waals surface area contributed by atoms with Crippen LogP contribution in [0.2, 0.25) is 0 Å². The minimum absolute atomic E-state index is 0.289. The molecule has 4 nitrogen and oxygen atoms in total. The summed E-state index contributed by atoms with van der Waals surface area (Å²) in [6.45, 7) is 7.06. The molecule has 3 N–H and O–H groups in total. The van der Waals surface area contributed by atoms with Gasteiger partial charge in [-0.3, -0.25) is 4.79 Å². The molecule has 0 fully saturated rings. The number of rotatable bonds is 7. The maximum absolute atomic E-state index is 11.2. The minimum atomic E-state index is -0.596. The van der Waals surface area contributed by atoms with Crippen molar-refractivity contribution in [3.8, 4) is 0 Å². The molecule has 0 saturated heterocycles. The predicted octanol–water partition coefficient (Wildman–Crippen LogP) is 0.570. The Balaban J connectivity index is 4.18. The molecule has 2 atom stereocenters. The van der Waals surface area contributed by atoms with E-state index in [4.69, 9.17) is 5.73 Å². The van der Waals surface area contributed by atoms with E-state index >= 15 is 0 Å². The van der Waals surface area contributed by atoms with Gasteiger partial charge in [0.2, 0.25) is 5.91 Å². The van der Waals surface area contributed by atoms with Gasteiger partial charge in [-0.1, -0.05) is 6.92 Å². The zero-order chi connectivity index (χ0) is 12.1. The number of hydrogen-bond acceptors (Lipinski definition) is 3. The van der Waals surface area contributed by atoms with Gasteiger partial charge < -0.3 is 16.0 Å². The van der Waals surface area contributed by atoms with Gasteiger partial charge in [0.1, 0.15) is 0 Å². The first-order chi connectivity index (χ1) is 6.87. The number of primary amides is 1. The van der Waals surface area contributed by atoms with Crippen LogP contribution in [0.3, 0.4) is 0 Å². The van der Waals surface area contributed by atoms with E-state index in [2.05, 4.69) is 31.1 Å². The van der Waals surface area contributed by atoms with Crippen LogP contribution >= 0.6 is 0 Å². The van der Waals surface area contributed by atoms with Crippen molar-refractivity contribution in [2.24, 2.45) is 5.73 Å². The van der Waals surface area contributed by atoms with Gasteiger partial charge in [-0.2, -0.15) is 0 Å². The van der Waals surface area contributed by atoms with Gasteiger partial charge in [0.25, 0.3) is 0 Å². The van der Waals surface area contributed by atoms with Crippen LogP contribution < -0.4 is 11.1 Å². The van der Waals surface area contributed by atoms with Crippen molar-refractivity contribution in [3.05, 3.63) is 0 Å². The Morgan fingerprint density at radius 3 is 2.47 bits per heavy atom. The van der Waals surface area contributed by atoms with Gasteiger partial charge in [0.05, 0.1) is 5.54 Å². The molecular weight excluding hydrogens is 190 g/mol. The van der Waals surface area contributed by atoms with Crippen molar-refractivity contribution in [1.82, 2.24) is 10.2 Å². The number of amides is 1. The highest BCUT2D eigenvalue weighted by Gasteiger charge is 2.29. The summed E-state index contributed by atoms with van der Waals surface area (Å²) < 4.78 is 0. The molecule has 0 aliphatic heterocycles. The number of likely N-dealkylation sites (N-methyl/N-ethyl adjacent to an activating group) is 1. The van der Waals surface area contributed by atoms with Gasteiger partial charge in [0, 0.05) is 12.6 Å². The second-order valence-corrected chi connectivity index (χ2v) is 4.43. The summed E-state index contributed by atoms with van der Waals surface area (Å²) >= 11 is 0. The van der Waals surface area contributed by atoms with Crippen LogP contribution in [-0.2, 0) is 4.79 Å². The van der Waals surface area contributed by atoms with Crippen LogP contribution in [-0.4, -0.2) is 43.0 Å². The molecule has 2 unspecified atom stereocenters. The highest BCUT2D eigenvalue weighted by molar-refractivity contribution is 5.84. The lowest BCUT2D eigenvalue weighted by Crippen LogP contribution is -2.53. The normalized spacial score (nSPS) is 17.5. The second kappa shape index (κ2) is 6.08. The van der Waals surface area contributed by atoms with Gasteiger partial charge in [-0.25, -0.2) is 0 Å². The molecule has 0 radical (unpaired) electrons. The van der Waals surface area contributed by atoms with Crippen LogP contribution in [0, 0.1) is 0 Å². The first kappa shape index (κ1) is 14.4. The average Bonchev–Trinajstić information content (AvgIpc) is 2.23. The molecule has 0 saturated carbocycles. The van der Waals surface area contributed by atoms with Gasteiger partial charge in [0.15, 0.2) is 0 Å². The van der Waals surface area contributed by atoms with Gasteiger partial charge in [-0.15, -0.1) is 0 Å². The molecular formula is C11H25N3O. The Labute approximate surface area is 93.2 Å². The molecule has 0 rings (SSSR count). The summed E-state index contributed by atoms with van der Waals surface area (Å²) in [5.74, 6) is -0.289. The molecule has 1 amide bonds. The van der Waals surface area contributed by atoms with Gasteiger partial charge >= 0.3 is 0 Å². The predicted molar refractivity (Wildman–Crippen MR) is 63.7 cm³/mol. The van der Waals surface area contributed by atoms with E-state index < -0.39 is 5.54 Å². The summed E-state index contributed by atoms with van der Waals surface area (Å²) in [7, 11) is 3.85. The highest BCUT2D eigenvalue weighted by Crippen LogP contribution is 2.10. The summed E-state index contributed by atoms with van der Waals surface area (Å²) in [6, 6.07) is 0.541. The van der Waals surface area contributed by atoms with Crippen molar-refractivity contribution in [2.45, 2.75) is 45.2 Å². The fourth-order valence-corrected chi connectivity index (χ4v) is 1.30. The molecule has 4 heteroatoms. The maximum atomic E-state index is 11.2. The lowest BCUT2D eigenvalue weighted by atomic mass is 9.96. The van der Waals surface area contributed by atoms with Crippen molar-refractivity contribution in [1.29, 1.82) is 0 Å². The topological polar surface area (TPSA) is 58.4 Å². The number of nitrogens with zero attached hydrogens (tertiary/aromatic N) is 1. The number of carbonyl (C=O) groups excluding carboxylic acids is 1. The Hall–Kier alpha value is -0.610. The largest absolute Gasteiger partial charge is 0.368 e. The van der Waals surface area contributed by atoms with E-state index in [0.717, 1.165) is 19.4 Å². The molecule has 0 heterocycles. The van der Waals surface area contributed by atoms with E-state index in [1.165, 1.54) is 0 Å². The molecule has 0 aromatic carbocycles. The number of hydrogen-bond donors (Lipinski definition) is 2. The molecule has 15 heavy (non-hydrogen) atoms. The monoisotopic (exact) mass is 215 g/mol. The molecule has 0 spiro atoms. The maximum Gasteiger partial charge on any atom is 0.237 e. The smallest absolute Gasteiger partial charge is 0.237 e. The summed E-state index contributed by atoms with van der Waals surface area (Å²) in [5, 5.41) is 2.99. The van der Waals surface area contributed by atoms with Crippen molar-refractivity contribution >= 4 is 5.91 Å². The Kier molecular flexibility index (Phi) is 5.83. The van der Waals surface area contributed by atoms with Crippen molar-refractivity contribution < 1.29 is 4.79 Å². The van der Waals surface area contributed by atoms with E-state index in [9.17, 15) is 4.79 Å². The molecule has 0 aliphatic rings. The van der Waals surface area contributed by atoms with Crippen LogP contribution in [0.5, 0.6) is 0 Å². The molecule has 0 bridgehead atoms. The molecule has 0 aromatic rings. The van der Waals surface area contributed by atoms with Crippen LogP contribution in [0.15, 0.2) is 0 Å². The lowest BCUT2D eigenvalue weighted by Gasteiger charge is -2.30. The molecule has 0 aliphatic carbocycles. The minimum Gasteiger partial charge on any atom is -0.368 e. The fraction of sp³-hybridized carbons (Fsp3) is 0.909. The number of nitrogens with two attached hydrogens (primary N) is 1. The third kappa shape index (κ3) is 4.18. The Bertz CT molecular complexity index is 208. The fourth-order valence-electron chi connectivity index (χ4n) is 1.30. The average molecular weight is 215 g/mol. The first-order valence-corrected chi connectivity index (χ1v) is 5.56. The molecule has 0 aromatic heterocycles. The summed E-state index contributed by atoms with van der Waals surface area (Å²) in [5.41, 5.74) is 4.76. The van der Waals surface area contributed by atoms with E-state index in [0.29, 0.717) is 6.04 Å². The summed E-state index contributed by atoms with van der Waals surface area (Å²) in [4.78, 5) is 13.5. The number of carbonyl (C=O) groups is 1. The quantitative estimate of drug-likeness (QED) is 0.653. The van der Waals surface area contributed by atoms with E-state index in [-0.39, 0.29) is 5.91 Å². The summed E-state index contributed by atoms with van der Waals surface area (Å²) in [6.07, 6.45) is 1.85. The van der Waals surface area contributed by atoms with Crippen LogP contribution in [0.4, 0.5) is 0 Å². The standard InChI is InChI=1S/C11H25N3O/c1-6-9(2)14(5)8-7-11(3,13-4)10(12)15/h9,13H,6-8H2,1-5H3,(H2,12,15). The van der Waals surface area contributed by atoms with Crippen LogP contribution in [0.25, 0.3) is 0 Å². The number of nitrogens with one attached hydrogen (secondary N) is 1. The Morgan fingerprint density at radius 1 is 1.60 bits per heavy atom. The third-order valence-corrected chi connectivity index (χ3v) is 3.40. The lowest BCUT2D eigenvalue weighted by molar-refractivity contribution is -0.124. The Morgan fingerprint density at radius 2 is 2.13 bits per heavy atom. The zero-order valence-corrected chi connectivity index (χ0v) is 10.6.